The molecule has 10 unspecified atom stereocenters. The number of rotatable bonds is 0. The molecule has 0 aromatic carbocycles. The van der Waals surface area contributed by atoms with Gasteiger partial charge in [-0.15, -0.1) is 0 Å². The summed E-state index contributed by atoms with van der Waals surface area (Å²) in [4.78, 5) is 0. The lowest BCUT2D eigenvalue weighted by Gasteiger charge is -2.82. The maximum absolute atomic E-state index is 2.78. The van der Waals surface area contributed by atoms with E-state index in [4.69, 9.17) is 0 Å². The maximum atomic E-state index is 2.78. The number of hydrogen-bond acceptors (Lipinski definition) is 0. The Kier molecular flexibility index (Phi) is 1.61. The van der Waals surface area contributed by atoms with E-state index in [2.05, 4.69) is 69.2 Å². The molecule has 0 aromatic rings. The minimum Gasteiger partial charge on any atom is -0.0616 e. The van der Waals surface area contributed by atoms with Gasteiger partial charge in [-0.05, 0) is 73.4 Å². The molecular formula is C23H36. The highest BCUT2D eigenvalue weighted by Crippen LogP contribution is 3.14. The molecule has 0 heterocycles. The van der Waals surface area contributed by atoms with Gasteiger partial charge in [0.25, 0.3) is 0 Å². The Bertz CT molecular complexity index is 716. The van der Waals surface area contributed by atoms with Crippen molar-refractivity contribution < 1.29 is 0 Å². The van der Waals surface area contributed by atoms with Crippen LogP contribution in [0.1, 0.15) is 75.7 Å². The van der Waals surface area contributed by atoms with E-state index >= 15 is 0 Å². The Morgan fingerprint density at radius 1 is 0.739 bits per heavy atom. The van der Waals surface area contributed by atoms with Crippen molar-refractivity contribution in [1.29, 1.82) is 0 Å². The van der Waals surface area contributed by atoms with Crippen molar-refractivity contribution in [2.75, 3.05) is 0 Å². The molecule has 7 bridgehead atoms. The summed E-state index contributed by atoms with van der Waals surface area (Å²) >= 11 is 0. The first kappa shape index (κ1) is 14.2. The lowest BCUT2D eigenvalue weighted by atomic mass is 9.22. The van der Waals surface area contributed by atoms with Gasteiger partial charge < -0.3 is 0 Å². The lowest BCUT2D eigenvalue weighted by molar-refractivity contribution is -0.353. The van der Waals surface area contributed by atoms with Gasteiger partial charge in [0, 0.05) is 0 Å². The Balaban J connectivity index is 1.90. The van der Waals surface area contributed by atoms with E-state index in [1.165, 1.54) is 0 Å². The van der Waals surface area contributed by atoms with Gasteiger partial charge in [0.2, 0.25) is 0 Å². The molecule has 8 fully saturated rings. The van der Waals surface area contributed by atoms with E-state index in [-0.39, 0.29) is 0 Å². The highest BCUT2D eigenvalue weighted by atomic mass is 15.1. The molecule has 0 N–H and O–H groups in total. The predicted molar refractivity (Wildman–Crippen MR) is 94.8 cm³/mol. The minimum atomic E-state index is 0.460. The van der Waals surface area contributed by atoms with E-state index in [0.717, 1.165) is 23.7 Å². The standard InChI is InChI=1S/C23H36/c1-12-14-13-11-18(6)15-16(2,3)20(13,8)22(10)17(4,5)21(15,9)19(12,7)23(14,18)22/h12-15H,11H2,1-10H3. The summed E-state index contributed by atoms with van der Waals surface area (Å²) in [6.07, 6.45) is 1.55. The van der Waals surface area contributed by atoms with E-state index < -0.39 is 0 Å². The molecule has 0 amide bonds. The smallest absolute Gasteiger partial charge is 0.00799 e. The van der Waals surface area contributed by atoms with Crippen molar-refractivity contribution in [3.63, 3.8) is 0 Å². The van der Waals surface area contributed by atoms with Crippen LogP contribution in [0, 0.1) is 67.0 Å². The molecule has 0 aromatic heterocycles. The van der Waals surface area contributed by atoms with Crippen molar-refractivity contribution >= 4 is 0 Å². The first-order valence-electron chi connectivity index (χ1n) is 10.2. The first-order valence-corrected chi connectivity index (χ1v) is 10.2. The molecule has 8 aliphatic rings. The Hall–Kier alpha value is 0. The van der Waals surface area contributed by atoms with Crippen LogP contribution in [0.4, 0.5) is 0 Å². The molecule has 0 saturated heterocycles. The summed E-state index contributed by atoms with van der Waals surface area (Å²) < 4.78 is 0. The summed E-state index contributed by atoms with van der Waals surface area (Å²) in [7, 11) is 0. The lowest BCUT2D eigenvalue weighted by Crippen LogP contribution is -2.78. The largest absolute Gasteiger partial charge is 0.0616 e. The molecule has 10 atom stereocenters. The third-order valence-corrected chi connectivity index (χ3v) is 14.2. The van der Waals surface area contributed by atoms with Crippen molar-refractivity contribution in [2.45, 2.75) is 75.7 Å². The second kappa shape index (κ2) is 2.61. The topological polar surface area (TPSA) is 0 Å². The van der Waals surface area contributed by atoms with Gasteiger partial charge >= 0.3 is 0 Å². The number of hydrogen-bond donors (Lipinski definition) is 0. The quantitative estimate of drug-likeness (QED) is 0.513. The third-order valence-electron chi connectivity index (χ3n) is 14.2. The zero-order valence-electron chi connectivity index (χ0n) is 17.0. The molecule has 0 aliphatic heterocycles. The normalized spacial score (nSPS) is 79.6. The van der Waals surface area contributed by atoms with E-state index in [9.17, 15) is 0 Å². The van der Waals surface area contributed by atoms with Crippen molar-refractivity contribution in [3.05, 3.63) is 0 Å². The van der Waals surface area contributed by atoms with Crippen LogP contribution in [0.25, 0.3) is 0 Å². The molecule has 0 nitrogen and oxygen atoms in total. The van der Waals surface area contributed by atoms with Crippen LogP contribution in [-0.2, 0) is 0 Å². The molecule has 0 radical (unpaired) electrons. The molecular weight excluding hydrogens is 276 g/mol. The van der Waals surface area contributed by atoms with Crippen molar-refractivity contribution in [1.82, 2.24) is 0 Å². The van der Waals surface area contributed by atoms with Gasteiger partial charge in [0.15, 0.2) is 0 Å². The van der Waals surface area contributed by atoms with Gasteiger partial charge in [-0.3, -0.25) is 0 Å². The fourth-order valence-electron chi connectivity index (χ4n) is 14.3. The van der Waals surface area contributed by atoms with Crippen LogP contribution in [0.2, 0.25) is 0 Å². The third kappa shape index (κ3) is 0.601. The van der Waals surface area contributed by atoms with Crippen LogP contribution < -0.4 is 0 Å². The predicted octanol–water partition coefficient (Wildman–Crippen LogP) is 6.01. The molecule has 128 valence electrons. The highest BCUT2D eigenvalue weighted by Gasteiger charge is 3.10. The molecule has 1 spiro atoms. The first-order chi connectivity index (χ1) is 10.2. The van der Waals surface area contributed by atoms with Crippen LogP contribution >= 0.6 is 0 Å². The average molecular weight is 313 g/mol. The van der Waals surface area contributed by atoms with Crippen molar-refractivity contribution in [3.8, 4) is 0 Å². The monoisotopic (exact) mass is 312 g/mol. The van der Waals surface area contributed by atoms with Gasteiger partial charge in [0.05, 0.1) is 0 Å². The summed E-state index contributed by atoms with van der Waals surface area (Å²) in [6, 6.07) is 0. The second-order valence-corrected chi connectivity index (χ2v) is 12.9. The molecule has 23 heavy (non-hydrogen) atoms. The van der Waals surface area contributed by atoms with Gasteiger partial charge in [0.1, 0.15) is 0 Å². The van der Waals surface area contributed by atoms with Crippen LogP contribution in [0.3, 0.4) is 0 Å². The van der Waals surface area contributed by atoms with Gasteiger partial charge in [-0.25, -0.2) is 0 Å². The van der Waals surface area contributed by atoms with Crippen LogP contribution in [-0.4, -0.2) is 0 Å². The second-order valence-electron chi connectivity index (χ2n) is 12.9. The van der Waals surface area contributed by atoms with Gasteiger partial charge in [-0.1, -0.05) is 69.2 Å². The molecule has 8 aliphatic carbocycles. The molecule has 8 rings (SSSR count). The van der Waals surface area contributed by atoms with Gasteiger partial charge in [-0.2, -0.15) is 0 Å². The SMILES string of the molecule is CC1C2C3CC4(C)C5C(C)(C)C3(C)C3(C)C(C)(C)C5(C)C1(C)C243. The van der Waals surface area contributed by atoms with E-state index in [1.807, 2.05) is 0 Å². The fraction of sp³-hybridized carbons (Fsp3) is 1.00. The van der Waals surface area contributed by atoms with Crippen LogP contribution in [0.5, 0.6) is 0 Å². The molecule has 8 saturated carbocycles. The zero-order valence-corrected chi connectivity index (χ0v) is 17.0. The summed E-state index contributed by atoms with van der Waals surface area (Å²) in [5, 5.41) is 0. The summed E-state index contributed by atoms with van der Waals surface area (Å²) in [5.74, 6) is 3.83. The Morgan fingerprint density at radius 2 is 1.30 bits per heavy atom. The zero-order chi connectivity index (χ0) is 17.0. The van der Waals surface area contributed by atoms with E-state index in [1.54, 1.807) is 6.42 Å². The highest BCUT2D eigenvalue weighted by molar-refractivity contribution is 5.57. The maximum Gasteiger partial charge on any atom is -0.00799 e. The Morgan fingerprint density at radius 3 is 1.87 bits per heavy atom. The summed E-state index contributed by atoms with van der Waals surface area (Å²) in [6.45, 7) is 27.2. The van der Waals surface area contributed by atoms with Crippen LogP contribution in [0.15, 0.2) is 0 Å². The fourth-order valence-corrected chi connectivity index (χ4v) is 14.3. The Labute approximate surface area is 143 Å². The summed E-state index contributed by atoms with van der Waals surface area (Å²) in [5.41, 5.74) is 4.26. The van der Waals surface area contributed by atoms with Crippen molar-refractivity contribution in [2.24, 2.45) is 67.0 Å². The van der Waals surface area contributed by atoms with E-state index in [0.29, 0.717) is 43.3 Å². The minimum absolute atomic E-state index is 0.460. The average Bonchev–Trinajstić information content (AvgIpc) is 2.84. The molecule has 0 heteroatoms.